The van der Waals surface area contributed by atoms with E-state index in [2.05, 4.69) is 15.6 Å². The third-order valence-corrected chi connectivity index (χ3v) is 2.02. The van der Waals surface area contributed by atoms with Crippen LogP contribution in [0.3, 0.4) is 0 Å². The van der Waals surface area contributed by atoms with Crippen molar-refractivity contribution in [3.63, 3.8) is 0 Å². The number of amides is 2. The highest BCUT2D eigenvalue weighted by Gasteiger charge is 1.98. The van der Waals surface area contributed by atoms with Crippen LogP contribution in [0.4, 0.5) is 4.79 Å². The van der Waals surface area contributed by atoms with E-state index in [0.717, 1.165) is 12.0 Å². The Morgan fingerprint density at radius 2 is 2.33 bits per heavy atom. The molecule has 15 heavy (non-hydrogen) atoms. The first-order valence-electron chi connectivity index (χ1n) is 4.53. The molecule has 0 radical (unpaired) electrons. The molecule has 0 aliphatic heterocycles. The molecule has 0 bridgehead atoms. The number of carbonyl (C=O) groups is 1. The number of halogens is 1. The molecule has 2 N–H and O–H groups in total. The van der Waals surface area contributed by atoms with Crippen molar-refractivity contribution in [2.24, 2.45) is 0 Å². The molecule has 0 spiro atoms. The number of hydroxylamine groups is 1. The van der Waals surface area contributed by atoms with Crippen LogP contribution in [0.2, 0.25) is 5.02 Å². The largest absolute Gasteiger partial charge is 0.338 e. The SMILES string of the molecule is CONC(=O)NCCc1cccc(Cl)c1. The van der Waals surface area contributed by atoms with Gasteiger partial charge in [0.05, 0.1) is 7.11 Å². The highest BCUT2D eigenvalue weighted by molar-refractivity contribution is 6.30. The summed E-state index contributed by atoms with van der Waals surface area (Å²) in [5, 5.41) is 3.34. The van der Waals surface area contributed by atoms with Crippen LogP contribution < -0.4 is 10.8 Å². The first kappa shape index (κ1) is 11.8. The number of hydrogen-bond acceptors (Lipinski definition) is 2. The molecule has 0 saturated carbocycles. The Hall–Kier alpha value is -1.26. The maximum Gasteiger partial charge on any atom is 0.338 e. The monoisotopic (exact) mass is 228 g/mol. The van der Waals surface area contributed by atoms with Crippen LogP contribution in [0.1, 0.15) is 5.56 Å². The number of rotatable bonds is 4. The van der Waals surface area contributed by atoms with E-state index >= 15 is 0 Å². The predicted molar refractivity (Wildman–Crippen MR) is 58.7 cm³/mol. The summed E-state index contributed by atoms with van der Waals surface area (Å²) in [7, 11) is 1.39. The molecule has 82 valence electrons. The molecule has 4 nitrogen and oxygen atoms in total. The Morgan fingerprint density at radius 3 is 3.00 bits per heavy atom. The molecular weight excluding hydrogens is 216 g/mol. The van der Waals surface area contributed by atoms with Gasteiger partial charge in [-0.15, -0.1) is 0 Å². The van der Waals surface area contributed by atoms with Gasteiger partial charge in [0.25, 0.3) is 0 Å². The van der Waals surface area contributed by atoms with Crippen molar-refractivity contribution in [1.29, 1.82) is 0 Å². The average Bonchev–Trinajstić information content (AvgIpc) is 2.18. The summed E-state index contributed by atoms with van der Waals surface area (Å²) in [6.45, 7) is 0.537. The number of benzene rings is 1. The molecule has 1 aromatic rings. The van der Waals surface area contributed by atoms with Crippen LogP contribution >= 0.6 is 11.6 Å². The van der Waals surface area contributed by atoms with Gasteiger partial charge in [0, 0.05) is 11.6 Å². The zero-order chi connectivity index (χ0) is 11.1. The lowest BCUT2D eigenvalue weighted by Crippen LogP contribution is -2.35. The number of hydrogen-bond donors (Lipinski definition) is 2. The zero-order valence-corrected chi connectivity index (χ0v) is 9.17. The third kappa shape index (κ3) is 4.67. The Balaban J connectivity index is 2.28. The average molecular weight is 229 g/mol. The lowest BCUT2D eigenvalue weighted by molar-refractivity contribution is 0.107. The minimum atomic E-state index is -0.348. The summed E-state index contributed by atoms with van der Waals surface area (Å²) in [6.07, 6.45) is 0.734. The van der Waals surface area contributed by atoms with Crippen LogP contribution in [0, 0.1) is 0 Å². The van der Waals surface area contributed by atoms with Crippen molar-refractivity contribution in [1.82, 2.24) is 10.8 Å². The fourth-order valence-corrected chi connectivity index (χ4v) is 1.35. The Bertz CT molecular complexity index is 331. The molecule has 5 heteroatoms. The van der Waals surface area contributed by atoms with Gasteiger partial charge >= 0.3 is 6.03 Å². The molecule has 0 aliphatic rings. The van der Waals surface area contributed by atoms with E-state index in [4.69, 9.17) is 11.6 Å². The van der Waals surface area contributed by atoms with Gasteiger partial charge < -0.3 is 5.32 Å². The van der Waals surface area contributed by atoms with Gasteiger partial charge in [-0.25, -0.2) is 10.3 Å². The molecule has 0 aliphatic carbocycles. The van der Waals surface area contributed by atoms with E-state index < -0.39 is 0 Å². The van der Waals surface area contributed by atoms with E-state index in [1.54, 1.807) is 0 Å². The van der Waals surface area contributed by atoms with Crippen LogP contribution in [0.15, 0.2) is 24.3 Å². The zero-order valence-electron chi connectivity index (χ0n) is 8.42. The van der Waals surface area contributed by atoms with Crippen LogP contribution in [0.5, 0.6) is 0 Å². The molecule has 1 rings (SSSR count). The fourth-order valence-electron chi connectivity index (χ4n) is 1.14. The quantitative estimate of drug-likeness (QED) is 0.772. The van der Waals surface area contributed by atoms with Gasteiger partial charge in [-0.1, -0.05) is 23.7 Å². The van der Waals surface area contributed by atoms with Gasteiger partial charge in [-0.2, -0.15) is 0 Å². The van der Waals surface area contributed by atoms with Crippen molar-refractivity contribution in [2.45, 2.75) is 6.42 Å². The minimum absolute atomic E-state index is 0.348. The van der Waals surface area contributed by atoms with Crippen LogP contribution in [0.25, 0.3) is 0 Å². The maximum atomic E-state index is 10.9. The summed E-state index contributed by atoms with van der Waals surface area (Å²) < 4.78 is 0. The van der Waals surface area contributed by atoms with Crippen molar-refractivity contribution in [3.8, 4) is 0 Å². The molecule has 0 fully saturated rings. The number of nitrogens with one attached hydrogen (secondary N) is 2. The standard InChI is InChI=1S/C10H13ClN2O2/c1-15-13-10(14)12-6-5-8-3-2-4-9(11)7-8/h2-4,7H,5-6H2,1H3,(H2,12,13,14). The highest BCUT2D eigenvalue weighted by atomic mass is 35.5. The van der Waals surface area contributed by atoms with Crippen molar-refractivity contribution >= 4 is 17.6 Å². The minimum Gasteiger partial charge on any atom is -0.336 e. The molecule has 0 saturated heterocycles. The van der Waals surface area contributed by atoms with Crippen molar-refractivity contribution in [3.05, 3.63) is 34.9 Å². The second-order valence-electron chi connectivity index (χ2n) is 2.94. The first-order valence-corrected chi connectivity index (χ1v) is 4.91. The highest BCUT2D eigenvalue weighted by Crippen LogP contribution is 2.10. The molecule has 0 heterocycles. The summed E-state index contributed by atoms with van der Waals surface area (Å²) in [5.41, 5.74) is 3.25. The normalized spacial score (nSPS) is 9.73. The molecule has 0 aromatic heterocycles. The topological polar surface area (TPSA) is 50.4 Å². The smallest absolute Gasteiger partial charge is 0.336 e. The van der Waals surface area contributed by atoms with Crippen LogP contribution in [-0.4, -0.2) is 19.7 Å². The Morgan fingerprint density at radius 1 is 1.53 bits per heavy atom. The van der Waals surface area contributed by atoms with E-state index in [9.17, 15) is 4.79 Å². The van der Waals surface area contributed by atoms with Gasteiger partial charge in [-0.05, 0) is 24.1 Å². The summed E-state index contributed by atoms with van der Waals surface area (Å²) in [6, 6.07) is 7.18. The molecule has 0 unspecified atom stereocenters. The molecule has 1 aromatic carbocycles. The number of urea groups is 1. The second kappa shape index (κ2) is 6.27. The van der Waals surface area contributed by atoms with Gasteiger partial charge in [-0.3, -0.25) is 4.84 Å². The number of carbonyl (C=O) groups excluding carboxylic acids is 1. The van der Waals surface area contributed by atoms with E-state index in [1.807, 2.05) is 24.3 Å². The van der Waals surface area contributed by atoms with E-state index in [1.165, 1.54) is 7.11 Å². The van der Waals surface area contributed by atoms with E-state index in [0.29, 0.717) is 11.6 Å². The predicted octanol–water partition coefficient (Wildman–Crippen LogP) is 1.74. The fraction of sp³-hybridized carbons (Fsp3) is 0.300. The van der Waals surface area contributed by atoms with Gasteiger partial charge in [0.1, 0.15) is 0 Å². The Kier molecular flexibility index (Phi) is 4.93. The lowest BCUT2D eigenvalue weighted by atomic mass is 10.1. The van der Waals surface area contributed by atoms with Crippen molar-refractivity contribution in [2.75, 3.05) is 13.7 Å². The Labute approximate surface area is 93.5 Å². The van der Waals surface area contributed by atoms with Gasteiger partial charge in [0.15, 0.2) is 0 Å². The lowest BCUT2D eigenvalue weighted by Gasteiger charge is -2.05. The van der Waals surface area contributed by atoms with Crippen molar-refractivity contribution < 1.29 is 9.63 Å². The maximum absolute atomic E-state index is 10.9. The van der Waals surface area contributed by atoms with Crippen LogP contribution in [-0.2, 0) is 11.3 Å². The molecular formula is C10H13ClN2O2. The molecule has 2 amide bonds. The van der Waals surface area contributed by atoms with E-state index in [-0.39, 0.29) is 6.03 Å². The first-order chi connectivity index (χ1) is 7.22. The second-order valence-corrected chi connectivity index (χ2v) is 3.38. The summed E-state index contributed by atoms with van der Waals surface area (Å²) in [4.78, 5) is 15.4. The molecule has 0 atom stereocenters. The summed E-state index contributed by atoms with van der Waals surface area (Å²) >= 11 is 5.82. The van der Waals surface area contributed by atoms with Gasteiger partial charge in [0.2, 0.25) is 0 Å². The third-order valence-electron chi connectivity index (χ3n) is 1.78. The summed E-state index contributed by atoms with van der Waals surface area (Å²) in [5.74, 6) is 0.